The van der Waals surface area contributed by atoms with Crippen molar-refractivity contribution in [3.8, 4) is 10.6 Å². The highest BCUT2D eigenvalue weighted by Crippen LogP contribution is 2.24. The molecule has 0 atom stereocenters. The number of rotatable bonds is 6. The number of pyridine rings is 1. The summed E-state index contributed by atoms with van der Waals surface area (Å²) in [5.41, 5.74) is 2.40. The van der Waals surface area contributed by atoms with E-state index in [1.807, 2.05) is 29.6 Å². The van der Waals surface area contributed by atoms with Gasteiger partial charge in [-0.1, -0.05) is 18.2 Å². The number of nitrogens with zero attached hydrogens (tertiary/aromatic N) is 3. The molecule has 0 aliphatic rings. The normalized spacial score (nSPS) is 10.6. The predicted molar refractivity (Wildman–Crippen MR) is 96.8 cm³/mol. The highest BCUT2D eigenvalue weighted by molar-refractivity contribution is 7.13. The van der Waals surface area contributed by atoms with Crippen LogP contribution in [-0.4, -0.2) is 34.4 Å². The van der Waals surface area contributed by atoms with E-state index >= 15 is 0 Å². The van der Waals surface area contributed by atoms with Crippen molar-refractivity contribution >= 4 is 17.2 Å². The minimum Gasteiger partial charge on any atom is -0.345 e. The lowest BCUT2D eigenvalue weighted by Gasteiger charge is -2.16. The van der Waals surface area contributed by atoms with Crippen molar-refractivity contribution in [2.75, 3.05) is 13.6 Å². The van der Waals surface area contributed by atoms with Gasteiger partial charge in [0.15, 0.2) is 0 Å². The van der Waals surface area contributed by atoms with E-state index in [0.29, 0.717) is 18.7 Å². The van der Waals surface area contributed by atoms with Crippen LogP contribution in [0.5, 0.6) is 0 Å². The van der Waals surface area contributed by atoms with Crippen molar-refractivity contribution < 1.29 is 9.18 Å². The van der Waals surface area contributed by atoms with Crippen LogP contribution in [-0.2, 0) is 17.6 Å². The summed E-state index contributed by atoms with van der Waals surface area (Å²) in [6, 6.07) is 12.1. The molecule has 0 saturated carbocycles. The van der Waals surface area contributed by atoms with Crippen molar-refractivity contribution in [3.63, 3.8) is 0 Å². The van der Waals surface area contributed by atoms with E-state index in [4.69, 9.17) is 0 Å². The number of benzene rings is 1. The fourth-order valence-corrected chi connectivity index (χ4v) is 3.20. The van der Waals surface area contributed by atoms with Crippen LogP contribution in [0, 0.1) is 5.82 Å². The van der Waals surface area contributed by atoms with Gasteiger partial charge < -0.3 is 4.90 Å². The first-order chi connectivity index (χ1) is 12.1. The number of halogens is 1. The summed E-state index contributed by atoms with van der Waals surface area (Å²) in [6.07, 6.45) is 2.71. The Kier molecular flexibility index (Phi) is 5.50. The lowest BCUT2D eigenvalue weighted by molar-refractivity contribution is -0.129. The number of likely N-dealkylation sites (N-methyl/N-ethyl adjacent to an activating group) is 1. The second-order valence-electron chi connectivity index (χ2n) is 5.72. The van der Waals surface area contributed by atoms with Gasteiger partial charge in [-0.2, -0.15) is 0 Å². The molecule has 4 nitrogen and oxygen atoms in total. The summed E-state index contributed by atoms with van der Waals surface area (Å²) < 4.78 is 13.3. The summed E-state index contributed by atoms with van der Waals surface area (Å²) in [7, 11) is 1.78. The molecule has 3 aromatic rings. The molecule has 1 amide bonds. The third-order valence-corrected chi connectivity index (χ3v) is 4.75. The van der Waals surface area contributed by atoms with Gasteiger partial charge in [-0.05, 0) is 24.3 Å². The van der Waals surface area contributed by atoms with Crippen molar-refractivity contribution in [1.29, 1.82) is 0 Å². The maximum absolute atomic E-state index is 13.3. The Hall–Kier alpha value is -2.60. The van der Waals surface area contributed by atoms with E-state index < -0.39 is 0 Å². The van der Waals surface area contributed by atoms with E-state index in [9.17, 15) is 9.18 Å². The van der Waals surface area contributed by atoms with Crippen molar-refractivity contribution in [2.45, 2.75) is 12.8 Å². The maximum atomic E-state index is 13.3. The fourth-order valence-electron chi connectivity index (χ4n) is 2.39. The zero-order valence-electron chi connectivity index (χ0n) is 13.9. The molecule has 0 fully saturated rings. The molecule has 0 aliphatic heterocycles. The molecule has 0 radical (unpaired) electrons. The maximum Gasteiger partial charge on any atom is 0.228 e. The van der Waals surface area contributed by atoms with Crippen molar-refractivity contribution in [2.24, 2.45) is 0 Å². The molecule has 2 aromatic heterocycles. The van der Waals surface area contributed by atoms with E-state index in [2.05, 4.69) is 9.97 Å². The summed E-state index contributed by atoms with van der Waals surface area (Å²) in [6.45, 7) is 0.608. The first-order valence-corrected chi connectivity index (χ1v) is 8.84. The molecule has 25 heavy (non-hydrogen) atoms. The van der Waals surface area contributed by atoms with Gasteiger partial charge in [-0.3, -0.25) is 9.78 Å². The Morgan fingerprint density at radius 3 is 2.84 bits per heavy atom. The largest absolute Gasteiger partial charge is 0.345 e. The summed E-state index contributed by atoms with van der Waals surface area (Å²) >= 11 is 1.42. The molecular weight excluding hydrogens is 337 g/mol. The molecule has 0 unspecified atom stereocenters. The van der Waals surface area contributed by atoms with Gasteiger partial charge in [-0.25, -0.2) is 9.37 Å². The van der Waals surface area contributed by atoms with E-state index in [1.54, 1.807) is 24.2 Å². The molecule has 0 spiro atoms. The average molecular weight is 355 g/mol. The van der Waals surface area contributed by atoms with Gasteiger partial charge >= 0.3 is 0 Å². The first kappa shape index (κ1) is 17.2. The monoisotopic (exact) mass is 355 g/mol. The quantitative estimate of drug-likeness (QED) is 0.679. The van der Waals surface area contributed by atoms with Crippen molar-refractivity contribution in [1.82, 2.24) is 14.9 Å². The smallest absolute Gasteiger partial charge is 0.228 e. The number of hydrogen-bond acceptors (Lipinski definition) is 4. The summed E-state index contributed by atoms with van der Waals surface area (Å²) in [5, 5.41) is 2.57. The SMILES string of the molecule is CN(CCc1ccccn1)C(=O)Cc1csc(-c2cccc(F)c2)n1. The van der Waals surface area contributed by atoms with Crippen LogP contribution < -0.4 is 0 Å². The van der Waals surface area contributed by atoms with Gasteiger partial charge in [0.25, 0.3) is 0 Å². The van der Waals surface area contributed by atoms with Gasteiger partial charge in [0.1, 0.15) is 10.8 Å². The highest BCUT2D eigenvalue weighted by atomic mass is 32.1. The molecule has 3 rings (SSSR count). The van der Waals surface area contributed by atoms with E-state index in [-0.39, 0.29) is 18.1 Å². The van der Waals surface area contributed by atoms with Gasteiger partial charge in [0, 0.05) is 42.8 Å². The lowest BCUT2D eigenvalue weighted by atomic mass is 10.2. The average Bonchev–Trinajstić information content (AvgIpc) is 3.09. The van der Waals surface area contributed by atoms with Crippen LogP contribution in [0.25, 0.3) is 10.6 Å². The Bertz CT molecular complexity index is 851. The van der Waals surface area contributed by atoms with Gasteiger partial charge in [0.05, 0.1) is 12.1 Å². The summed E-state index contributed by atoms with van der Waals surface area (Å²) in [4.78, 5) is 22.7. The minimum atomic E-state index is -0.292. The van der Waals surface area contributed by atoms with Crippen LogP contribution in [0.15, 0.2) is 54.0 Å². The molecule has 2 heterocycles. The molecule has 0 N–H and O–H groups in total. The number of thiazole rings is 1. The second-order valence-corrected chi connectivity index (χ2v) is 6.58. The standard InChI is InChI=1S/C19H18FN3OS/c1-23(10-8-16-7-2-3-9-21-16)18(24)12-17-13-25-19(22-17)14-5-4-6-15(20)11-14/h2-7,9,11,13H,8,10,12H2,1H3. The topological polar surface area (TPSA) is 46.1 Å². The van der Waals surface area contributed by atoms with E-state index in [0.717, 1.165) is 16.3 Å². The minimum absolute atomic E-state index is 0.00650. The fraction of sp³-hybridized carbons (Fsp3) is 0.211. The Labute approximate surface area is 150 Å². The van der Waals surface area contributed by atoms with Crippen LogP contribution in [0.1, 0.15) is 11.4 Å². The molecule has 0 saturated heterocycles. The molecule has 1 aromatic carbocycles. The van der Waals surface area contributed by atoms with Crippen LogP contribution in [0.2, 0.25) is 0 Å². The number of carbonyl (C=O) groups is 1. The first-order valence-electron chi connectivity index (χ1n) is 7.96. The molecule has 0 bridgehead atoms. The van der Waals surface area contributed by atoms with Gasteiger partial charge in [-0.15, -0.1) is 11.3 Å². The van der Waals surface area contributed by atoms with Crippen LogP contribution >= 0.6 is 11.3 Å². The number of amides is 1. The zero-order valence-corrected chi connectivity index (χ0v) is 14.7. The van der Waals surface area contributed by atoms with Crippen LogP contribution in [0.3, 0.4) is 0 Å². The van der Waals surface area contributed by atoms with Crippen LogP contribution in [0.4, 0.5) is 4.39 Å². The molecule has 0 aliphatic carbocycles. The lowest BCUT2D eigenvalue weighted by Crippen LogP contribution is -2.30. The molecule has 6 heteroatoms. The Morgan fingerprint density at radius 2 is 2.08 bits per heavy atom. The van der Waals surface area contributed by atoms with E-state index in [1.165, 1.54) is 23.5 Å². The third-order valence-electron chi connectivity index (χ3n) is 3.81. The zero-order chi connectivity index (χ0) is 17.6. The second kappa shape index (κ2) is 7.98. The highest BCUT2D eigenvalue weighted by Gasteiger charge is 2.13. The Morgan fingerprint density at radius 1 is 1.20 bits per heavy atom. The van der Waals surface area contributed by atoms with Crippen molar-refractivity contribution in [3.05, 3.63) is 71.2 Å². The molecule has 128 valence electrons. The Balaban J connectivity index is 1.57. The molecular formula is C19H18FN3OS. The van der Waals surface area contributed by atoms with Gasteiger partial charge in [0.2, 0.25) is 5.91 Å². The summed E-state index contributed by atoms with van der Waals surface area (Å²) in [5.74, 6) is -0.286. The number of hydrogen-bond donors (Lipinski definition) is 0. The predicted octanol–water partition coefficient (Wildman–Crippen LogP) is 3.59. The number of aromatic nitrogens is 2. The number of carbonyl (C=O) groups excluding carboxylic acids is 1. The third kappa shape index (κ3) is 4.70.